The molecule has 2 aromatic carbocycles. The number of aromatic hydroxyl groups is 1. The molecule has 0 radical (unpaired) electrons. The van der Waals surface area contributed by atoms with E-state index < -0.39 is 16.0 Å². The van der Waals surface area contributed by atoms with Gasteiger partial charge in [0.1, 0.15) is 5.75 Å². The second-order valence-corrected chi connectivity index (χ2v) is 7.14. The summed E-state index contributed by atoms with van der Waals surface area (Å²) in [6.07, 6.45) is 1.03. The zero-order chi connectivity index (χ0) is 15.6. The Morgan fingerprint density at radius 1 is 1.29 bits per heavy atom. The van der Waals surface area contributed by atoms with Gasteiger partial charge >= 0.3 is 5.97 Å². The van der Waals surface area contributed by atoms with E-state index in [9.17, 15) is 18.3 Å². The van der Waals surface area contributed by atoms with Crippen LogP contribution in [-0.2, 0) is 14.8 Å². The van der Waals surface area contributed by atoms with E-state index in [1.54, 1.807) is 24.3 Å². The second-order valence-electron chi connectivity index (χ2n) is 4.37. The summed E-state index contributed by atoms with van der Waals surface area (Å²) in [6.45, 7) is 0. The molecule has 0 aliphatic heterocycles. The summed E-state index contributed by atoms with van der Waals surface area (Å²) >= 11 is 0.926. The van der Waals surface area contributed by atoms with E-state index in [4.69, 9.17) is 5.11 Å². The van der Waals surface area contributed by atoms with Gasteiger partial charge in [-0.1, -0.05) is 24.3 Å². The summed E-state index contributed by atoms with van der Waals surface area (Å²) in [7, 11) is -3.49. The molecule has 0 amide bonds. The zero-order valence-electron chi connectivity index (χ0n) is 11.0. The minimum absolute atomic E-state index is 0.0594. The molecule has 112 valence electrons. The van der Waals surface area contributed by atoms with E-state index >= 15 is 0 Å². The van der Waals surface area contributed by atoms with Crippen molar-refractivity contribution in [1.29, 1.82) is 0 Å². The van der Waals surface area contributed by atoms with Gasteiger partial charge in [-0.15, -0.1) is 11.8 Å². The monoisotopic (exact) mass is 327 g/mol. The number of hydrogen-bond acceptors (Lipinski definition) is 5. The Balaban J connectivity index is 2.60. The molecule has 2 rings (SSSR count). The Labute approximate surface area is 125 Å². The van der Waals surface area contributed by atoms with Gasteiger partial charge in [0.15, 0.2) is 0 Å². The number of carboxylic acid groups (broad SMARTS) is 1. The van der Waals surface area contributed by atoms with Crippen LogP contribution in [-0.4, -0.2) is 36.6 Å². The molecule has 0 heterocycles. The third-order valence-electron chi connectivity index (χ3n) is 2.63. The first kappa shape index (κ1) is 15.5. The molecule has 6 nitrogen and oxygen atoms in total. The maximum atomic E-state index is 11.4. The highest BCUT2D eigenvalue weighted by Gasteiger charge is 2.14. The van der Waals surface area contributed by atoms with E-state index in [0.717, 1.165) is 18.0 Å². The van der Waals surface area contributed by atoms with Crippen LogP contribution in [0, 0.1) is 0 Å². The fourth-order valence-corrected chi connectivity index (χ4v) is 3.16. The highest BCUT2D eigenvalue weighted by molar-refractivity contribution is 8.00. The van der Waals surface area contributed by atoms with Gasteiger partial charge in [-0.3, -0.25) is 9.52 Å². The number of phenolic OH excluding ortho intramolecular Hbond substituents is 1. The van der Waals surface area contributed by atoms with Crippen LogP contribution in [0.4, 0.5) is 5.69 Å². The average molecular weight is 327 g/mol. The lowest BCUT2D eigenvalue weighted by atomic mass is 10.1. The first-order chi connectivity index (χ1) is 9.78. The molecule has 0 atom stereocenters. The summed E-state index contributed by atoms with van der Waals surface area (Å²) in [4.78, 5) is 11.0. The number of phenols is 1. The molecule has 0 unspecified atom stereocenters. The minimum Gasteiger partial charge on any atom is -0.506 e. The van der Waals surface area contributed by atoms with E-state index in [1.807, 2.05) is 0 Å². The van der Waals surface area contributed by atoms with Crippen LogP contribution in [0.25, 0.3) is 10.8 Å². The minimum atomic E-state index is -3.49. The number of carboxylic acids is 1. The van der Waals surface area contributed by atoms with Crippen molar-refractivity contribution in [3.63, 3.8) is 0 Å². The number of sulfonamides is 1. The zero-order valence-corrected chi connectivity index (χ0v) is 12.7. The van der Waals surface area contributed by atoms with Gasteiger partial charge in [0, 0.05) is 10.8 Å². The standard InChI is InChI=1S/C13H13NO5S2/c1-21(18,19)14-10-6-11(20-7-12(15)16)13(17)9-5-3-2-4-8(9)10/h2-6,14,17H,7H2,1H3,(H,15,16). The molecule has 0 bridgehead atoms. The van der Waals surface area contributed by atoms with Gasteiger partial charge in [-0.25, -0.2) is 8.42 Å². The predicted octanol–water partition coefficient (Wildman–Crippen LogP) is 2.09. The summed E-state index contributed by atoms with van der Waals surface area (Å²) in [5, 5.41) is 19.9. The third kappa shape index (κ3) is 3.79. The topological polar surface area (TPSA) is 104 Å². The molecule has 8 heteroatoms. The van der Waals surface area contributed by atoms with Gasteiger partial charge in [0.25, 0.3) is 0 Å². The molecule has 3 N–H and O–H groups in total. The first-order valence-corrected chi connectivity index (χ1v) is 8.73. The van der Waals surface area contributed by atoms with E-state index in [0.29, 0.717) is 21.4 Å². The normalized spacial score (nSPS) is 11.5. The number of benzene rings is 2. The fourth-order valence-electron chi connectivity index (χ4n) is 1.87. The number of aliphatic carboxylic acids is 1. The Bertz CT molecular complexity index is 802. The highest BCUT2D eigenvalue weighted by Crippen LogP contribution is 2.39. The Morgan fingerprint density at radius 2 is 1.90 bits per heavy atom. The summed E-state index contributed by atoms with van der Waals surface area (Å²) in [5.41, 5.74) is 0.304. The molecule has 0 aliphatic rings. The lowest BCUT2D eigenvalue weighted by Gasteiger charge is -2.13. The molecule has 0 saturated heterocycles. The molecule has 0 aromatic heterocycles. The average Bonchev–Trinajstić information content (AvgIpc) is 2.39. The fraction of sp³-hybridized carbons (Fsp3) is 0.154. The molecule has 0 spiro atoms. The van der Waals surface area contributed by atoms with Crippen LogP contribution in [0.5, 0.6) is 5.75 Å². The summed E-state index contributed by atoms with van der Waals surface area (Å²) in [6, 6.07) is 8.18. The van der Waals surface area contributed by atoms with Gasteiger partial charge in [0.2, 0.25) is 10.0 Å². The molecule has 0 saturated carbocycles. The second kappa shape index (κ2) is 5.82. The Hall–Kier alpha value is -1.93. The smallest absolute Gasteiger partial charge is 0.313 e. The van der Waals surface area contributed by atoms with Gasteiger partial charge in [-0.2, -0.15) is 0 Å². The van der Waals surface area contributed by atoms with E-state index in [1.165, 1.54) is 6.07 Å². The van der Waals surface area contributed by atoms with Gasteiger partial charge < -0.3 is 10.2 Å². The number of carbonyl (C=O) groups is 1. The molecule has 21 heavy (non-hydrogen) atoms. The van der Waals surface area contributed by atoms with Crippen LogP contribution in [0.15, 0.2) is 35.2 Å². The maximum absolute atomic E-state index is 11.4. The predicted molar refractivity (Wildman–Crippen MR) is 82.4 cm³/mol. The highest BCUT2D eigenvalue weighted by atomic mass is 32.2. The molecule has 2 aromatic rings. The quantitative estimate of drug-likeness (QED) is 0.574. The van der Waals surface area contributed by atoms with Crippen molar-refractivity contribution in [2.24, 2.45) is 0 Å². The lowest BCUT2D eigenvalue weighted by Crippen LogP contribution is -2.10. The molecule has 0 fully saturated rings. The summed E-state index contributed by atoms with van der Waals surface area (Å²) in [5.74, 6) is -1.31. The van der Waals surface area contributed by atoms with Gasteiger partial charge in [0.05, 0.1) is 22.6 Å². The van der Waals surface area contributed by atoms with Crippen molar-refractivity contribution in [3.05, 3.63) is 30.3 Å². The number of hydrogen-bond donors (Lipinski definition) is 3. The molecular weight excluding hydrogens is 314 g/mol. The van der Waals surface area contributed by atoms with Gasteiger partial charge in [-0.05, 0) is 6.07 Å². The molecule has 0 aliphatic carbocycles. The Kier molecular flexibility index (Phi) is 4.29. The van der Waals surface area contributed by atoms with Crippen LogP contribution in [0.3, 0.4) is 0 Å². The van der Waals surface area contributed by atoms with Crippen LogP contribution >= 0.6 is 11.8 Å². The summed E-state index contributed by atoms with van der Waals surface area (Å²) < 4.78 is 25.2. The van der Waals surface area contributed by atoms with Crippen molar-refractivity contribution >= 4 is 44.2 Å². The number of rotatable bonds is 5. The van der Waals surface area contributed by atoms with E-state index in [-0.39, 0.29) is 11.5 Å². The molecular formula is C13H13NO5S2. The largest absolute Gasteiger partial charge is 0.506 e. The van der Waals surface area contributed by atoms with Crippen molar-refractivity contribution in [2.45, 2.75) is 4.90 Å². The van der Waals surface area contributed by atoms with Crippen molar-refractivity contribution in [3.8, 4) is 5.75 Å². The van der Waals surface area contributed by atoms with Crippen molar-refractivity contribution in [2.75, 3.05) is 16.7 Å². The van der Waals surface area contributed by atoms with Crippen molar-refractivity contribution < 1.29 is 23.4 Å². The number of nitrogens with one attached hydrogen (secondary N) is 1. The number of fused-ring (bicyclic) bond motifs is 1. The SMILES string of the molecule is CS(=O)(=O)Nc1cc(SCC(=O)O)c(O)c2ccccc12. The number of anilines is 1. The van der Waals surface area contributed by atoms with Crippen LogP contribution in [0.1, 0.15) is 0 Å². The Morgan fingerprint density at radius 3 is 2.48 bits per heavy atom. The maximum Gasteiger partial charge on any atom is 0.313 e. The van der Waals surface area contributed by atoms with Crippen molar-refractivity contribution in [1.82, 2.24) is 0 Å². The van der Waals surface area contributed by atoms with Crippen LogP contribution in [0.2, 0.25) is 0 Å². The van der Waals surface area contributed by atoms with Crippen LogP contribution < -0.4 is 4.72 Å². The van der Waals surface area contributed by atoms with E-state index in [2.05, 4.69) is 4.72 Å². The number of thioether (sulfide) groups is 1. The first-order valence-electron chi connectivity index (χ1n) is 5.85. The lowest BCUT2D eigenvalue weighted by molar-refractivity contribution is -0.133. The third-order valence-corrected chi connectivity index (χ3v) is 4.23.